The number of anilines is 2. The summed E-state index contributed by atoms with van der Waals surface area (Å²) < 4.78 is 0. The molecule has 0 atom stereocenters. The molecule has 1 aliphatic heterocycles. The van der Waals surface area contributed by atoms with Crippen LogP contribution in [-0.4, -0.2) is 6.54 Å². The van der Waals surface area contributed by atoms with Crippen molar-refractivity contribution in [2.24, 2.45) is 0 Å². The Morgan fingerprint density at radius 2 is 1.74 bits per heavy atom. The van der Waals surface area contributed by atoms with E-state index in [0.29, 0.717) is 16.6 Å². The van der Waals surface area contributed by atoms with E-state index in [-0.39, 0.29) is 0 Å². The Labute approximate surface area is 122 Å². The number of rotatable bonds is 2. The molecule has 4 heteroatoms. The van der Waals surface area contributed by atoms with Gasteiger partial charge >= 0.3 is 0 Å². The molecule has 0 saturated carbocycles. The molecule has 2 aromatic rings. The number of para-hydroxylation sites is 1. The molecule has 0 bridgehead atoms. The third-order valence-electron chi connectivity index (χ3n) is 3.53. The van der Waals surface area contributed by atoms with Crippen molar-refractivity contribution >= 4 is 34.6 Å². The van der Waals surface area contributed by atoms with Crippen LogP contribution in [0.15, 0.2) is 36.4 Å². The lowest BCUT2D eigenvalue weighted by Gasteiger charge is -2.22. The van der Waals surface area contributed by atoms with E-state index in [2.05, 4.69) is 11.0 Å². The summed E-state index contributed by atoms with van der Waals surface area (Å²) in [4.78, 5) is 2.25. The molecule has 3 rings (SSSR count). The van der Waals surface area contributed by atoms with Crippen molar-refractivity contribution in [2.75, 3.05) is 17.2 Å². The van der Waals surface area contributed by atoms with Crippen molar-refractivity contribution in [1.29, 1.82) is 0 Å². The molecule has 0 fully saturated rings. The first kappa shape index (κ1) is 12.6. The molecule has 0 saturated heterocycles. The Morgan fingerprint density at radius 3 is 2.47 bits per heavy atom. The minimum absolute atomic E-state index is 0.694. The van der Waals surface area contributed by atoms with E-state index >= 15 is 0 Å². The zero-order chi connectivity index (χ0) is 13.4. The van der Waals surface area contributed by atoms with Crippen molar-refractivity contribution < 1.29 is 0 Å². The average molecular weight is 293 g/mol. The number of benzene rings is 2. The van der Waals surface area contributed by atoms with Crippen molar-refractivity contribution in [2.45, 2.75) is 13.0 Å². The molecule has 0 aliphatic carbocycles. The monoisotopic (exact) mass is 292 g/mol. The number of hydrogen-bond acceptors (Lipinski definition) is 2. The Kier molecular flexibility index (Phi) is 3.29. The van der Waals surface area contributed by atoms with E-state index in [0.717, 1.165) is 29.9 Å². The maximum Gasteiger partial charge on any atom is 0.0636 e. The fourth-order valence-corrected chi connectivity index (χ4v) is 3.12. The molecular formula is C15H14Cl2N2. The third-order valence-corrected chi connectivity index (χ3v) is 4.24. The lowest BCUT2D eigenvalue weighted by molar-refractivity contribution is 0.837. The van der Waals surface area contributed by atoms with Crippen LogP contribution >= 0.6 is 23.2 Å². The average Bonchev–Trinajstić information content (AvgIpc) is 2.79. The summed E-state index contributed by atoms with van der Waals surface area (Å²) in [5.74, 6) is 0. The SMILES string of the molecule is Nc1cccc2c1N(Cc1c(Cl)cccc1Cl)CC2. The van der Waals surface area contributed by atoms with Crippen LogP contribution in [0.4, 0.5) is 11.4 Å². The first-order valence-electron chi connectivity index (χ1n) is 6.22. The van der Waals surface area contributed by atoms with Gasteiger partial charge in [-0.25, -0.2) is 0 Å². The van der Waals surface area contributed by atoms with Gasteiger partial charge in [-0.1, -0.05) is 41.4 Å². The fourth-order valence-electron chi connectivity index (χ4n) is 2.60. The lowest BCUT2D eigenvalue weighted by Crippen LogP contribution is -2.21. The van der Waals surface area contributed by atoms with E-state index in [4.69, 9.17) is 28.9 Å². The smallest absolute Gasteiger partial charge is 0.0636 e. The molecule has 1 aliphatic rings. The fraction of sp³-hybridized carbons (Fsp3) is 0.200. The summed E-state index contributed by atoms with van der Waals surface area (Å²) in [6.45, 7) is 1.64. The van der Waals surface area contributed by atoms with E-state index in [1.807, 2.05) is 30.3 Å². The van der Waals surface area contributed by atoms with Gasteiger partial charge in [-0.15, -0.1) is 0 Å². The second-order valence-electron chi connectivity index (χ2n) is 4.73. The normalized spacial score (nSPS) is 13.7. The minimum Gasteiger partial charge on any atom is -0.397 e. The standard InChI is InChI=1S/C15H14Cl2N2/c16-12-4-2-5-13(17)11(12)9-19-8-7-10-3-1-6-14(18)15(10)19/h1-6H,7-9,18H2. The van der Waals surface area contributed by atoms with Crippen molar-refractivity contribution in [3.63, 3.8) is 0 Å². The van der Waals surface area contributed by atoms with Gasteiger partial charge in [-0.2, -0.15) is 0 Å². The molecule has 0 spiro atoms. The molecule has 2 N–H and O–H groups in total. The van der Waals surface area contributed by atoms with Crippen molar-refractivity contribution in [3.05, 3.63) is 57.6 Å². The first-order valence-corrected chi connectivity index (χ1v) is 6.97. The molecule has 2 nitrogen and oxygen atoms in total. The first-order chi connectivity index (χ1) is 9.16. The highest BCUT2D eigenvalue weighted by Crippen LogP contribution is 2.36. The summed E-state index contributed by atoms with van der Waals surface area (Å²) in [5, 5.41) is 1.41. The molecule has 0 radical (unpaired) electrons. The van der Waals surface area contributed by atoms with E-state index in [1.54, 1.807) is 0 Å². The molecule has 2 aromatic carbocycles. The van der Waals surface area contributed by atoms with Crippen LogP contribution in [0.25, 0.3) is 0 Å². The van der Waals surface area contributed by atoms with Gasteiger partial charge in [0.1, 0.15) is 0 Å². The van der Waals surface area contributed by atoms with Crippen molar-refractivity contribution in [3.8, 4) is 0 Å². The van der Waals surface area contributed by atoms with Crippen LogP contribution in [0.1, 0.15) is 11.1 Å². The van der Waals surface area contributed by atoms with Crippen LogP contribution in [0.2, 0.25) is 10.0 Å². The van der Waals surface area contributed by atoms with Crippen LogP contribution in [0, 0.1) is 0 Å². The highest BCUT2D eigenvalue weighted by Gasteiger charge is 2.22. The second-order valence-corrected chi connectivity index (χ2v) is 5.54. The highest BCUT2D eigenvalue weighted by atomic mass is 35.5. The second kappa shape index (κ2) is 4.95. The molecular weight excluding hydrogens is 279 g/mol. The summed E-state index contributed by atoms with van der Waals surface area (Å²) in [6.07, 6.45) is 1.02. The number of halogens is 2. The highest BCUT2D eigenvalue weighted by molar-refractivity contribution is 6.36. The zero-order valence-corrected chi connectivity index (χ0v) is 11.9. The van der Waals surface area contributed by atoms with E-state index < -0.39 is 0 Å². The lowest BCUT2D eigenvalue weighted by atomic mass is 10.1. The Morgan fingerprint density at radius 1 is 1.05 bits per heavy atom. The quantitative estimate of drug-likeness (QED) is 0.843. The number of nitrogens with zero attached hydrogens (tertiary/aromatic N) is 1. The summed E-state index contributed by atoms with van der Waals surface area (Å²) in [7, 11) is 0. The Balaban J connectivity index is 1.95. The molecule has 19 heavy (non-hydrogen) atoms. The summed E-state index contributed by atoms with van der Waals surface area (Å²) in [6, 6.07) is 11.7. The van der Waals surface area contributed by atoms with Gasteiger partial charge in [0, 0.05) is 28.7 Å². The van der Waals surface area contributed by atoms with Gasteiger partial charge in [0.05, 0.1) is 11.4 Å². The third kappa shape index (κ3) is 2.26. The predicted octanol–water partition coefficient (Wildman–Crippen LogP) is 4.14. The van der Waals surface area contributed by atoms with Gasteiger partial charge in [0.2, 0.25) is 0 Å². The van der Waals surface area contributed by atoms with Gasteiger partial charge in [0.15, 0.2) is 0 Å². The van der Waals surface area contributed by atoms with Crippen LogP contribution in [0.5, 0.6) is 0 Å². The number of nitrogens with two attached hydrogens (primary N) is 1. The largest absolute Gasteiger partial charge is 0.397 e. The molecule has 0 aromatic heterocycles. The minimum atomic E-state index is 0.694. The molecule has 1 heterocycles. The molecule has 0 unspecified atom stereocenters. The molecule has 0 amide bonds. The van der Waals surface area contributed by atoms with Gasteiger partial charge in [0.25, 0.3) is 0 Å². The maximum atomic E-state index is 6.23. The Hall–Kier alpha value is -1.38. The van der Waals surface area contributed by atoms with Crippen LogP contribution < -0.4 is 10.6 Å². The number of fused-ring (bicyclic) bond motifs is 1. The van der Waals surface area contributed by atoms with Gasteiger partial charge in [-0.05, 0) is 30.2 Å². The van der Waals surface area contributed by atoms with E-state index in [9.17, 15) is 0 Å². The maximum absolute atomic E-state index is 6.23. The predicted molar refractivity (Wildman–Crippen MR) is 82.1 cm³/mol. The molecule has 98 valence electrons. The number of hydrogen-bond donors (Lipinski definition) is 1. The Bertz CT molecular complexity index is 605. The summed E-state index contributed by atoms with van der Waals surface area (Å²) >= 11 is 12.5. The summed E-state index contributed by atoms with van der Waals surface area (Å²) in [5.41, 5.74) is 10.3. The number of nitrogen functional groups attached to an aromatic ring is 1. The van der Waals surface area contributed by atoms with Gasteiger partial charge < -0.3 is 10.6 Å². The van der Waals surface area contributed by atoms with Crippen molar-refractivity contribution in [1.82, 2.24) is 0 Å². The van der Waals surface area contributed by atoms with Crippen LogP contribution in [0.3, 0.4) is 0 Å². The topological polar surface area (TPSA) is 29.3 Å². The van der Waals surface area contributed by atoms with Gasteiger partial charge in [-0.3, -0.25) is 0 Å². The van der Waals surface area contributed by atoms with E-state index in [1.165, 1.54) is 5.56 Å². The zero-order valence-electron chi connectivity index (χ0n) is 10.4. The van der Waals surface area contributed by atoms with Crippen LogP contribution in [-0.2, 0) is 13.0 Å².